The van der Waals surface area contributed by atoms with Crippen molar-refractivity contribution in [2.24, 2.45) is 5.92 Å². The van der Waals surface area contributed by atoms with Gasteiger partial charge in [0.15, 0.2) is 0 Å². The van der Waals surface area contributed by atoms with Crippen LogP contribution in [0.4, 0.5) is 0 Å². The standard InChI is InChI=1S/C15H14O2.H2/c1-12-9-14(10-12)7-8-15(16)17-11-13-5-3-2-4-6-13;/h2-6,14H,1,9-11H2;1H. The van der Waals surface area contributed by atoms with Crippen LogP contribution in [0, 0.1) is 17.8 Å². The summed E-state index contributed by atoms with van der Waals surface area (Å²) in [7, 11) is 0. The van der Waals surface area contributed by atoms with Crippen molar-refractivity contribution < 1.29 is 11.0 Å². The van der Waals surface area contributed by atoms with E-state index < -0.39 is 5.97 Å². The van der Waals surface area contributed by atoms with E-state index in [-0.39, 0.29) is 8.03 Å². The van der Waals surface area contributed by atoms with Crippen molar-refractivity contribution >= 4 is 5.97 Å². The van der Waals surface area contributed by atoms with Gasteiger partial charge in [0.05, 0.1) is 0 Å². The molecule has 0 amide bonds. The lowest BCUT2D eigenvalue weighted by atomic mass is 9.82. The number of rotatable bonds is 2. The molecule has 1 aliphatic carbocycles. The number of allylic oxidation sites excluding steroid dienone is 1. The Bertz CT molecular complexity index is 474. The minimum Gasteiger partial charge on any atom is -0.451 e. The Morgan fingerprint density at radius 3 is 2.76 bits per heavy atom. The van der Waals surface area contributed by atoms with Crippen LogP contribution in [0.1, 0.15) is 19.8 Å². The first-order valence-electron chi connectivity index (χ1n) is 5.63. The monoisotopic (exact) mass is 228 g/mol. The molecule has 1 fully saturated rings. The van der Waals surface area contributed by atoms with Crippen LogP contribution in [-0.4, -0.2) is 5.97 Å². The molecule has 88 valence electrons. The molecule has 2 heteroatoms. The van der Waals surface area contributed by atoms with Crippen LogP contribution in [0.3, 0.4) is 0 Å². The highest BCUT2D eigenvalue weighted by Gasteiger charge is 2.18. The zero-order valence-electron chi connectivity index (χ0n) is 9.61. The van der Waals surface area contributed by atoms with E-state index in [4.69, 9.17) is 4.74 Å². The van der Waals surface area contributed by atoms with Gasteiger partial charge in [0.2, 0.25) is 0 Å². The van der Waals surface area contributed by atoms with Crippen LogP contribution in [-0.2, 0) is 16.1 Å². The minimum absolute atomic E-state index is 0. The van der Waals surface area contributed by atoms with E-state index in [0.29, 0.717) is 5.92 Å². The second kappa shape index (κ2) is 5.36. The number of ether oxygens (including phenoxy) is 1. The zero-order chi connectivity index (χ0) is 12.1. The van der Waals surface area contributed by atoms with E-state index in [0.717, 1.165) is 18.4 Å². The zero-order valence-corrected chi connectivity index (χ0v) is 9.61. The van der Waals surface area contributed by atoms with Gasteiger partial charge in [0.25, 0.3) is 0 Å². The van der Waals surface area contributed by atoms with Gasteiger partial charge in [0.1, 0.15) is 6.61 Å². The van der Waals surface area contributed by atoms with Crippen molar-refractivity contribution in [2.45, 2.75) is 19.4 Å². The van der Waals surface area contributed by atoms with E-state index in [1.54, 1.807) is 0 Å². The average Bonchev–Trinajstić information content (AvgIpc) is 2.32. The second-order valence-electron chi connectivity index (χ2n) is 4.19. The fraction of sp³-hybridized carbons (Fsp3) is 0.267. The largest absolute Gasteiger partial charge is 0.451 e. The summed E-state index contributed by atoms with van der Waals surface area (Å²) in [5, 5.41) is 0. The molecule has 0 atom stereocenters. The first kappa shape index (κ1) is 11.5. The normalized spacial score (nSPS) is 14.5. The molecule has 0 bridgehead atoms. The van der Waals surface area contributed by atoms with Gasteiger partial charge in [-0.25, -0.2) is 4.79 Å². The fourth-order valence-electron chi connectivity index (χ4n) is 1.66. The molecule has 0 aliphatic heterocycles. The van der Waals surface area contributed by atoms with Gasteiger partial charge in [-0.05, 0) is 18.4 Å². The molecule has 1 aromatic carbocycles. The Kier molecular flexibility index (Phi) is 3.62. The average molecular weight is 228 g/mol. The summed E-state index contributed by atoms with van der Waals surface area (Å²) in [5.41, 5.74) is 2.18. The maximum absolute atomic E-state index is 11.3. The molecule has 2 rings (SSSR count). The van der Waals surface area contributed by atoms with Crippen LogP contribution in [0.15, 0.2) is 42.5 Å². The van der Waals surface area contributed by atoms with Gasteiger partial charge in [-0.3, -0.25) is 0 Å². The van der Waals surface area contributed by atoms with Crippen LogP contribution in [0.2, 0.25) is 0 Å². The van der Waals surface area contributed by atoms with Crippen molar-refractivity contribution in [2.75, 3.05) is 0 Å². The van der Waals surface area contributed by atoms with E-state index in [2.05, 4.69) is 18.4 Å². The van der Waals surface area contributed by atoms with Crippen molar-refractivity contribution in [3.05, 3.63) is 48.0 Å². The molecule has 0 aromatic heterocycles. The topological polar surface area (TPSA) is 26.3 Å². The summed E-state index contributed by atoms with van der Waals surface area (Å²) in [6, 6.07) is 9.57. The molecule has 17 heavy (non-hydrogen) atoms. The van der Waals surface area contributed by atoms with E-state index >= 15 is 0 Å². The van der Waals surface area contributed by atoms with Crippen LogP contribution >= 0.6 is 0 Å². The van der Waals surface area contributed by atoms with Crippen LogP contribution in [0.5, 0.6) is 0 Å². The Morgan fingerprint density at radius 1 is 1.41 bits per heavy atom. The maximum Gasteiger partial charge on any atom is 0.384 e. The summed E-state index contributed by atoms with van der Waals surface area (Å²) >= 11 is 0. The van der Waals surface area contributed by atoms with Crippen LogP contribution in [0.25, 0.3) is 0 Å². The third kappa shape index (κ3) is 3.49. The molecule has 0 N–H and O–H groups in total. The van der Waals surface area contributed by atoms with Crippen molar-refractivity contribution in [1.82, 2.24) is 0 Å². The highest BCUT2D eigenvalue weighted by molar-refractivity contribution is 5.88. The maximum atomic E-state index is 11.3. The Labute approximate surface area is 103 Å². The molecule has 0 spiro atoms. The Hall–Kier alpha value is -2.01. The lowest BCUT2D eigenvalue weighted by Gasteiger charge is -2.22. The van der Waals surface area contributed by atoms with E-state index in [1.807, 2.05) is 30.3 Å². The van der Waals surface area contributed by atoms with Crippen molar-refractivity contribution in [3.63, 3.8) is 0 Å². The Morgan fingerprint density at radius 2 is 2.12 bits per heavy atom. The predicted molar refractivity (Wildman–Crippen MR) is 68.0 cm³/mol. The van der Waals surface area contributed by atoms with Gasteiger partial charge in [-0.15, -0.1) is 0 Å². The lowest BCUT2D eigenvalue weighted by molar-refractivity contribution is -0.137. The molecule has 0 radical (unpaired) electrons. The molecule has 2 nitrogen and oxygen atoms in total. The van der Waals surface area contributed by atoms with Crippen LogP contribution < -0.4 is 0 Å². The minimum atomic E-state index is -0.452. The molecule has 1 aliphatic rings. The first-order chi connectivity index (χ1) is 8.24. The number of esters is 1. The summed E-state index contributed by atoms with van der Waals surface area (Å²) in [6.45, 7) is 4.11. The summed E-state index contributed by atoms with van der Waals surface area (Å²) in [6.07, 6.45) is 1.83. The number of carbonyl (C=O) groups is 1. The molecule has 1 aromatic rings. The molecular formula is C15H16O2. The first-order valence-corrected chi connectivity index (χ1v) is 5.63. The van der Waals surface area contributed by atoms with Gasteiger partial charge in [0, 0.05) is 13.3 Å². The molecule has 1 saturated carbocycles. The number of benzene rings is 1. The molecular weight excluding hydrogens is 212 g/mol. The van der Waals surface area contributed by atoms with E-state index in [9.17, 15) is 4.79 Å². The lowest BCUT2D eigenvalue weighted by Crippen LogP contribution is -2.12. The number of hydrogen-bond donors (Lipinski definition) is 0. The SMILES string of the molecule is C=C1CC(C#CC(=O)OCc2ccccc2)C1.[HH]. The van der Waals surface area contributed by atoms with Gasteiger partial charge >= 0.3 is 5.97 Å². The summed E-state index contributed by atoms with van der Waals surface area (Å²) in [4.78, 5) is 11.3. The highest BCUT2D eigenvalue weighted by atomic mass is 16.5. The third-order valence-corrected chi connectivity index (χ3v) is 2.66. The summed E-state index contributed by atoms with van der Waals surface area (Å²) < 4.78 is 5.04. The van der Waals surface area contributed by atoms with E-state index in [1.165, 1.54) is 5.57 Å². The Balaban J connectivity index is 0.00000162. The fourth-order valence-corrected chi connectivity index (χ4v) is 1.66. The van der Waals surface area contributed by atoms with Gasteiger partial charge in [-0.1, -0.05) is 48.4 Å². The highest BCUT2D eigenvalue weighted by Crippen LogP contribution is 2.30. The smallest absolute Gasteiger partial charge is 0.384 e. The molecule has 0 unspecified atom stereocenters. The van der Waals surface area contributed by atoms with Gasteiger partial charge in [-0.2, -0.15) is 0 Å². The number of carbonyl (C=O) groups excluding carboxylic acids is 1. The third-order valence-electron chi connectivity index (χ3n) is 2.66. The summed E-state index contributed by atoms with van der Waals surface area (Å²) in [5.74, 6) is 5.27. The number of hydrogen-bond acceptors (Lipinski definition) is 2. The molecule has 0 saturated heterocycles. The second-order valence-corrected chi connectivity index (χ2v) is 4.19. The quantitative estimate of drug-likeness (QED) is 0.337. The molecule has 0 heterocycles. The predicted octanol–water partition coefficient (Wildman–Crippen LogP) is 2.95. The van der Waals surface area contributed by atoms with Crippen molar-refractivity contribution in [3.8, 4) is 11.8 Å². The van der Waals surface area contributed by atoms with Gasteiger partial charge < -0.3 is 4.74 Å². The van der Waals surface area contributed by atoms with Crippen molar-refractivity contribution in [1.29, 1.82) is 0 Å².